The van der Waals surface area contributed by atoms with E-state index in [0.29, 0.717) is 22.4 Å². The number of benzene rings is 2. The first kappa shape index (κ1) is 13.4. The van der Waals surface area contributed by atoms with E-state index in [4.69, 9.17) is 4.42 Å². The van der Waals surface area contributed by atoms with Crippen LogP contribution in [0.15, 0.2) is 56.6 Å². The smallest absolute Gasteiger partial charge is 0.408 e. The molecule has 0 atom stereocenters. The van der Waals surface area contributed by atoms with E-state index in [9.17, 15) is 13.2 Å². The number of fused-ring (bicyclic) bond motifs is 1. The van der Waals surface area contributed by atoms with Crippen LogP contribution in [-0.2, 0) is 10.0 Å². The fraction of sp³-hybridized carbons (Fsp3) is 0.0714. The third-order valence-corrected chi connectivity index (χ3v) is 4.45. The second kappa shape index (κ2) is 4.78. The molecular formula is C14H12N2O4S. The molecule has 2 N–H and O–H groups in total. The molecule has 0 aliphatic heterocycles. The number of aromatic nitrogens is 1. The van der Waals surface area contributed by atoms with Crippen LogP contribution in [0.5, 0.6) is 0 Å². The van der Waals surface area contributed by atoms with Crippen molar-refractivity contribution in [1.29, 1.82) is 0 Å². The molecule has 0 aliphatic carbocycles. The monoisotopic (exact) mass is 304 g/mol. The summed E-state index contributed by atoms with van der Waals surface area (Å²) in [5.74, 6) is -0.576. The highest BCUT2D eigenvalue weighted by Crippen LogP contribution is 2.24. The summed E-state index contributed by atoms with van der Waals surface area (Å²) in [5.41, 5.74) is 1.88. The molecule has 3 rings (SSSR count). The van der Waals surface area contributed by atoms with Crippen LogP contribution >= 0.6 is 0 Å². The van der Waals surface area contributed by atoms with Crippen LogP contribution in [0.1, 0.15) is 5.56 Å². The first-order valence-electron chi connectivity index (χ1n) is 6.17. The van der Waals surface area contributed by atoms with E-state index < -0.39 is 15.8 Å². The lowest BCUT2D eigenvalue weighted by Crippen LogP contribution is -2.13. The molecule has 7 heteroatoms. The lowest BCUT2D eigenvalue weighted by Gasteiger charge is -2.10. The standard InChI is InChI=1S/C14H12N2O4S/c1-9-7-12-13(20-14(17)15-12)8-11(9)16-21(18,19)10-5-3-2-4-6-10/h2-8,16H,1H3,(H,15,17). The molecule has 6 nitrogen and oxygen atoms in total. The van der Waals surface area contributed by atoms with Gasteiger partial charge in [0.2, 0.25) is 0 Å². The lowest BCUT2D eigenvalue weighted by atomic mass is 10.2. The number of hydrogen-bond acceptors (Lipinski definition) is 4. The third kappa shape index (κ3) is 2.55. The van der Waals surface area contributed by atoms with Gasteiger partial charge in [0.1, 0.15) is 0 Å². The van der Waals surface area contributed by atoms with Gasteiger partial charge in [0.05, 0.1) is 16.1 Å². The summed E-state index contributed by atoms with van der Waals surface area (Å²) in [6, 6.07) is 11.2. The van der Waals surface area contributed by atoms with Gasteiger partial charge in [0.15, 0.2) is 5.58 Å². The molecule has 21 heavy (non-hydrogen) atoms. The second-order valence-corrected chi connectivity index (χ2v) is 6.28. The van der Waals surface area contributed by atoms with Gasteiger partial charge in [0, 0.05) is 6.07 Å². The topological polar surface area (TPSA) is 92.2 Å². The summed E-state index contributed by atoms with van der Waals surface area (Å²) in [6.07, 6.45) is 0. The van der Waals surface area contributed by atoms with Crippen LogP contribution in [0.25, 0.3) is 11.1 Å². The molecule has 0 radical (unpaired) electrons. The first-order valence-corrected chi connectivity index (χ1v) is 7.65. The van der Waals surface area contributed by atoms with Crippen molar-refractivity contribution in [3.63, 3.8) is 0 Å². The molecule has 108 valence electrons. The van der Waals surface area contributed by atoms with Crippen molar-refractivity contribution in [2.75, 3.05) is 4.72 Å². The van der Waals surface area contributed by atoms with Gasteiger partial charge in [-0.15, -0.1) is 0 Å². The lowest BCUT2D eigenvalue weighted by molar-refractivity contribution is 0.555. The number of sulfonamides is 1. The maximum absolute atomic E-state index is 12.3. The zero-order chi connectivity index (χ0) is 15.0. The first-order chi connectivity index (χ1) is 9.95. The number of rotatable bonds is 3. The van der Waals surface area contributed by atoms with E-state index in [1.165, 1.54) is 18.2 Å². The highest BCUT2D eigenvalue weighted by molar-refractivity contribution is 7.92. The van der Waals surface area contributed by atoms with Gasteiger partial charge in [-0.1, -0.05) is 18.2 Å². The predicted molar refractivity (Wildman–Crippen MR) is 78.8 cm³/mol. The minimum Gasteiger partial charge on any atom is -0.408 e. The average Bonchev–Trinajstić information content (AvgIpc) is 2.79. The quantitative estimate of drug-likeness (QED) is 0.776. The number of aryl methyl sites for hydroxylation is 1. The van der Waals surface area contributed by atoms with Crippen molar-refractivity contribution >= 4 is 26.8 Å². The Bertz CT molecular complexity index is 956. The summed E-state index contributed by atoms with van der Waals surface area (Å²) in [5, 5.41) is 0. The minimum atomic E-state index is -3.68. The van der Waals surface area contributed by atoms with E-state index in [0.717, 1.165) is 0 Å². The Kier molecular flexibility index (Phi) is 3.06. The number of hydrogen-bond donors (Lipinski definition) is 2. The van der Waals surface area contributed by atoms with Crippen molar-refractivity contribution in [2.24, 2.45) is 0 Å². The van der Waals surface area contributed by atoms with E-state index in [1.807, 2.05) is 0 Å². The van der Waals surface area contributed by atoms with Crippen molar-refractivity contribution in [2.45, 2.75) is 11.8 Å². The van der Waals surface area contributed by atoms with Gasteiger partial charge < -0.3 is 4.42 Å². The minimum absolute atomic E-state index is 0.167. The molecular weight excluding hydrogens is 292 g/mol. The third-order valence-electron chi connectivity index (χ3n) is 3.06. The molecule has 0 amide bonds. The SMILES string of the molecule is Cc1cc2[nH]c(=O)oc2cc1NS(=O)(=O)c1ccccc1. The van der Waals surface area contributed by atoms with Crippen LogP contribution in [0, 0.1) is 6.92 Å². The Morgan fingerprint density at radius 3 is 2.57 bits per heavy atom. The number of nitrogens with one attached hydrogen (secondary N) is 2. The van der Waals surface area contributed by atoms with Crippen molar-refractivity contribution in [1.82, 2.24) is 4.98 Å². The molecule has 0 saturated carbocycles. The van der Waals surface area contributed by atoms with Crippen LogP contribution in [0.3, 0.4) is 0 Å². The summed E-state index contributed by atoms with van der Waals surface area (Å²) in [7, 11) is -3.68. The van der Waals surface area contributed by atoms with Gasteiger partial charge in [-0.3, -0.25) is 9.71 Å². The van der Waals surface area contributed by atoms with Gasteiger partial charge in [-0.25, -0.2) is 13.2 Å². The van der Waals surface area contributed by atoms with Gasteiger partial charge in [0.25, 0.3) is 10.0 Å². The highest BCUT2D eigenvalue weighted by atomic mass is 32.2. The van der Waals surface area contributed by atoms with Gasteiger partial charge >= 0.3 is 5.76 Å². The molecule has 1 heterocycles. The maximum atomic E-state index is 12.3. The fourth-order valence-corrected chi connectivity index (χ4v) is 3.16. The Balaban J connectivity index is 2.05. The Morgan fingerprint density at radius 1 is 1.14 bits per heavy atom. The van der Waals surface area contributed by atoms with Crippen molar-refractivity contribution in [3.8, 4) is 0 Å². The second-order valence-electron chi connectivity index (χ2n) is 4.60. The molecule has 0 saturated heterocycles. The summed E-state index contributed by atoms with van der Waals surface area (Å²) in [4.78, 5) is 13.8. The molecule has 2 aromatic carbocycles. The molecule has 0 spiro atoms. The van der Waals surface area contributed by atoms with E-state index in [1.54, 1.807) is 31.2 Å². The summed E-state index contributed by atoms with van der Waals surface area (Å²) >= 11 is 0. The predicted octanol–water partition coefficient (Wildman–Crippen LogP) is 2.23. The molecule has 0 aliphatic rings. The van der Waals surface area contributed by atoms with E-state index in [-0.39, 0.29) is 4.90 Å². The zero-order valence-electron chi connectivity index (χ0n) is 11.1. The van der Waals surface area contributed by atoms with Crippen molar-refractivity contribution in [3.05, 3.63) is 58.6 Å². The fourth-order valence-electron chi connectivity index (χ4n) is 2.02. The zero-order valence-corrected chi connectivity index (χ0v) is 11.9. The van der Waals surface area contributed by atoms with Crippen LogP contribution < -0.4 is 10.5 Å². The van der Waals surface area contributed by atoms with Crippen LogP contribution in [-0.4, -0.2) is 13.4 Å². The Morgan fingerprint density at radius 2 is 1.86 bits per heavy atom. The normalized spacial score (nSPS) is 11.7. The summed E-state index contributed by atoms with van der Waals surface area (Å²) < 4.78 is 32.0. The molecule has 3 aromatic rings. The number of aromatic amines is 1. The van der Waals surface area contributed by atoms with E-state index in [2.05, 4.69) is 9.71 Å². The Hall–Kier alpha value is -2.54. The van der Waals surface area contributed by atoms with Crippen molar-refractivity contribution < 1.29 is 12.8 Å². The number of H-pyrrole nitrogens is 1. The molecule has 0 unspecified atom stereocenters. The number of oxazole rings is 1. The highest BCUT2D eigenvalue weighted by Gasteiger charge is 2.16. The molecule has 1 aromatic heterocycles. The average molecular weight is 304 g/mol. The molecule has 0 fully saturated rings. The summed E-state index contributed by atoms with van der Waals surface area (Å²) in [6.45, 7) is 1.74. The van der Waals surface area contributed by atoms with Gasteiger partial charge in [-0.05, 0) is 30.7 Å². The maximum Gasteiger partial charge on any atom is 0.417 e. The van der Waals surface area contributed by atoms with E-state index >= 15 is 0 Å². The van der Waals surface area contributed by atoms with Crippen LogP contribution in [0.2, 0.25) is 0 Å². The van der Waals surface area contributed by atoms with Crippen LogP contribution in [0.4, 0.5) is 5.69 Å². The largest absolute Gasteiger partial charge is 0.417 e. The Labute approximate surface area is 120 Å². The van der Waals surface area contributed by atoms with Gasteiger partial charge in [-0.2, -0.15) is 0 Å². The molecule has 0 bridgehead atoms. The number of anilines is 1.